The summed E-state index contributed by atoms with van der Waals surface area (Å²) in [6.07, 6.45) is 3.44. The SMILES string of the molecule is CC(C)[C@H](NC(=O)[C@H](Cc1c[nH]c2ccccc12)NC(=O)[C@H](Cc1ccccc1)NC(=O)[C@@H]1CCCN1)C(=O)N[C@H](C(=O)N[C@@H](C)C(=O)NCC(=O)O)C(C)C. The number of aromatic nitrogens is 1. The quantitative estimate of drug-likeness (QED) is 0.0831. The summed E-state index contributed by atoms with van der Waals surface area (Å²) in [5, 5.41) is 28.8. The van der Waals surface area contributed by atoms with E-state index in [1.807, 2.05) is 54.6 Å². The van der Waals surface area contributed by atoms with Crippen LogP contribution in [0, 0.1) is 11.8 Å². The number of carboxylic acids is 1. The minimum atomic E-state index is -1.25. The molecule has 6 atom stereocenters. The predicted octanol–water partition coefficient (Wildman–Crippen LogP) is 0.662. The van der Waals surface area contributed by atoms with Gasteiger partial charge in [-0.2, -0.15) is 0 Å². The van der Waals surface area contributed by atoms with Gasteiger partial charge in [0.15, 0.2) is 0 Å². The van der Waals surface area contributed by atoms with Gasteiger partial charge in [-0.25, -0.2) is 0 Å². The van der Waals surface area contributed by atoms with Crippen LogP contribution in [0.2, 0.25) is 0 Å². The molecule has 1 aromatic heterocycles. The highest BCUT2D eigenvalue weighted by Gasteiger charge is 2.35. The summed E-state index contributed by atoms with van der Waals surface area (Å²) < 4.78 is 0. The molecule has 2 heterocycles. The number of H-pyrrole nitrogens is 1. The number of amides is 6. The lowest BCUT2D eigenvalue weighted by Crippen LogP contribution is -2.61. The Bertz CT molecular complexity index is 1860. The summed E-state index contributed by atoms with van der Waals surface area (Å²) in [4.78, 5) is 95.1. The zero-order valence-electron chi connectivity index (χ0n) is 32.4. The molecule has 16 nitrogen and oxygen atoms in total. The van der Waals surface area contributed by atoms with Gasteiger partial charge in [0.05, 0.1) is 6.04 Å². The minimum absolute atomic E-state index is 0.0447. The van der Waals surface area contributed by atoms with E-state index < -0.39 is 90.1 Å². The second-order valence-electron chi connectivity index (χ2n) is 14.8. The molecule has 0 bridgehead atoms. The third-order valence-corrected chi connectivity index (χ3v) is 9.68. The Labute approximate surface area is 326 Å². The van der Waals surface area contributed by atoms with Crippen LogP contribution >= 0.6 is 0 Å². The average Bonchev–Trinajstić information content (AvgIpc) is 3.85. The molecule has 0 radical (unpaired) electrons. The third-order valence-electron chi connectivity index (χ3n) is 9.68. The summed E-state index contributed by atoms with van der Waals surface area (Å²) in [5.74, 6) is -5.77. The lowest BCUT2D eigenvalue weighted by atomic mass is 9.98. The van der Waals surface area contributed by atoms with Crippen LogP contribution < -0.4 is 37.2 Å². The van der Waals surface area contributed by atoms with Crippen molar-refractivity contribution in [3.8, 4) is 0 Å². The van der Waals surface area contributed by atoms with E-state index in [4.69, 9.17) is 5.11 Å². The Hall–Kier alpha value is -5.77. The van der Waals surface area contributed by atoms with Gasteiger partial charge in [0.1, 0.15) is 36.8 Å². The minimum Gasteiger partial charge on any atom is -0.480 e. The van der Waals surface area contributed by atoms with Crippen LogP contribution in [-0.4, -0.2) is 101 Å². The first-order chi connectivity index (χ1) is 26.6. The molecule has 2 aromatic carbocycles. The number of fused-ring (bicyclic) bond motifs is 1. The number of nitrogens with one attached hydrogen (secondary N) is 8. The van der Waals surface area contributed by atoms with E-state index in [1.54, 1.807) is 33.9 Å². The second kappa shape index (κ2) is 20.2. The number of para-hydroxylation sites is 1. The third kappa shape index (κ3) is 12.1. The summed E-state index contributed by atoms with van der Waals surface area (Å²) >= 11 is 0. The number of benzene rings is 2. The average molecular weight is 775 g/mol. The molecule has 0 saturated carbocycles. The standard InChI is InChI=1S/C40H54N8O8/c1-22(2)33(39(55)44-24(5)35(51)43-21-32(49)50)48-40(56)34(23(3)4)47-38(54)31(19-26-20-42-28-15-10-9-14-27(26)28)46-37(53)30(18-25-12-7-6-8-13-25)45-36(52)29-16-11-17-41-29/h6-10,12-15,20,22-24,29-31,33-34,41-42H,11,16-19,21H2,1-5H3,(H,43,51)(H,44,55)(H,45,52)(H,46,53)(H,47,54)(H,48,56)(H,49,50)/t24-,29-,30-,31-,33-,34-/m0/s1. The Morgan fingerprint density at radius 2 is 1.29 bits per heavy atom. The normalized spacial score (nSPS) is 16.6. The Morgan fingerprint density at radius 3 is 1.91 bits per heavy atom. The van der Waals surface area contributed by atoms with Crippen molar-refractivity contribution in [3.63, 3.8) is 0 Å². The van der Waals surface area contributed by atoms with Crippen molar-refractivity contribution in [2.45, 2.75) is 96.6 Å². The smallest absolute Gasteiger partial charge is 0.322 e. The molecule has 1 aliphatic rings. The zero-order chi connectivity index (χ0) is 40.9. The lowest BCUT2D eigenvalue weighted by Gasteiger charge is -2.29. The molecule has 0 spiro atoms. The van der Waals surface area contributed by atoms with E-state index in [0.29, 0.717) is 13.0 Å². The number of aliphatic carboxylic acids is 1. The number of carbonyl (C=O) groups excluding carboxylic acids is 6. The Balaban J connectivity index is 1.56. The van der Waals surface area contributed by atoms with Gasteiger partial charge in [-0.05, 0) is 55.3 Å². The molecule has 4 rings (SSSR count). The fourth-order valence-electron chi connectivity index (χ4n) is 6.49. The Morgan fingerprint density at radius 1 is 0.696 bits per heavy atom. The van der Waals surface area contributed by atoms with Crippen molar-refractivity contribution in [1.82, 2.24) is 42.2 Å². The number of hydrogen-bond acceptors (Lipinski definition) is 8. The molecule has 0 aliphatic carbocycles. The largest absolute Gasteiger partial charge is 0.480 e. The highest BCUT2D eigenvalue weighted by Crippen LogP contribution is 2.20. The van der Waals surface area contributed by atoms with E-state index in [0.717, 1.165) is 28.5 Å². The lowest BCUT2D eigenvalue weighted by molar-refractivity contribution is -0.138. The molecule has 9 N–H and O–H groups in total. The van der Waals surface area contributed by atoms with Crippen LogP contribution in [0.4, 0.5) is 0 Å². The van der Waals surface area contributed by atoms with Crippen LogP contribution in [0.5, 0.6) is 0 Å². The van der Waals surface area contributed by atoms with Crippen molar-refractivity contribution >= 4 is 52.3 Å². The van der Waals surface area contributed by atoms with Gasteiger partial charge in [0, 0.05) is 29.9 Å². The van der Waals surface area contributed by atoms with E-state index in [-0.39, 0.29) is 18.7 Å². The summed E-state index contributed by atoms with van der Waals surface area (Å²) in [6.45, 7) is 8.29. The highest BCUT2D eigenvalue weighted by atomic mass is 16.4. The summed E-state index contributed by atoms with van der Waals surface area (Å²) in [6, 6.07) is 10.7. The Kier molecular flexibility index (Phi) is 15.5. The van der Waals surface area contributed by atoms with Gasteiger partial charge in [0.2, 0.25) is 35.4 Å². The maximum atomic E-state index is 14.3. The molecule has 56 heavy (non-hydrogen) atoms. The molecule has 6 amide bonds. The molecule has 0 unspecified atom stereocenters. The van der Waals surface area contributed by atoms with E-state index in [1.165, 1.54) is 6.92 Å². The molecule has 302 valence electrons. The first-order valence-corrected chi connectivity index (χ1v) is 19.0. The van der Waals surface area contributed by atoms with Gasteiger partial charge in [-0.15, -0.1) is 0 Å². The molecule has 1 fully saturated rings. The number of hydrogen-bond donors (Lipinski definition) is 9. The molecule has 1 aliphatic heterocycles. The van der Waals surface area contributed by atoms with Crippen molar-refractivity contribution < 1.29 is 38.7 Å². The van der Waals surface area contributed by atoms with Crippen LogP contribution in [-0.2, 0) is 46.4 Å². The van der Waals surface area contributed by atoms with Crippen molar-refractivity contribution in [2.24, 2.45) is 11.8 Å². The van der Waals surface area contributed by atoms with Gasteiger partial charge in [-0.3, -0.25) is 33.6 Å². The number of carboxylic acid groups (broad SMARTS) is 1. The zero-order valence-corrected chi connectivity index (χ0v) is 32.4. The molecule has 16 heteroatoms. The van der Waals surface area contributed by atoms with Crippen LogP contribution in [0.15, 0.2) is 60.8 Å². The predicted molar refractivity (Wildman–Crippen MR) is 209 cm³/mol. The van der Waals surface area contributed by atoms with Crippen molar-refractivity contribution in [3.05, 3.63) is 71.9 Å². The summed E-state index contributed by atoms with van der Waals surface area (Å²) in [5.41, 5.74) is 2.38. The van der Waals surface area contributed by atoms with Crippen LogP contribution in [0.1, 0.15) is 58.6 Å². The fraction of sp³-hybridized carbons (Fsp3) is 0.475. The number of aromatic amines is 1. The highest BCUT2D eigenvalue weighted by molar-refractivity contribution is 5.97. The first-order valence-electron chi connectivity index (χ1n) is 19.0. The molecule has 1 saturated heterocycles. The van der Waals surface area contributed by atoms with Gasteiger partial charge >= 0.3 is 5.97 Å². The van der Waals surface area contributed by atoms with Crippen LogP contribution in [0.3, 0.4) is 0 Å². The van der Waals surface area contributed by atoms with Crippen LogP contribution in [0.25, 0.3) is 10.9 Å². The van der Waals surface area contributed by atoms with E-state index in [2.05, 4.69) is 42.2 Å². The monoisotopic (exact) mass is 774 g/mol. The van der Waals surface area contributed by atoms with Gasteiger partial charge < -0.3 is 47.3 Å². The van der Waals surface area contributed by atoms with Crippen molar-refractivity contribution in [2.75, 3.05) is 13.1 Å². The molecule has 3 aromatic rings. The first kappa shape index (κ1) is 43.0. The van der Waals surface area contributed by atoms with Gasteiger partial charge in [-0.1, -0.05) is 76.2 Å². The van der Waals surface area contributed by atoms with E-state index in [9.17, 15) is 33.6 Å². The molecular weight excluding hydrogens is 720 g/mol. The number of rotatable bonds is 19. The van der Waals surface area contributed by atoms with Gasteiger partial charge in [0.25, 0.3) is 0 Å². The topological polar surface area (TPSA) is 240 Å². The van der Waals surface area contributed by atoms with E-state index >= 15 is 0 Å². The molecular formula is C40H54N8O8. The maximum Gasteiger partial charge on any atom is 0.322 e. The summed E-state index contributed by atoms with van der Waals surface area (Å²) in [7, 11) is 0. The van der Waals surface area contributed by atoms with Crippen molar-refractivity contribution in [1.29, 1.82) is 0 Å². The number of carbonyl (C=O) groups is 7. The fourth-order valence-corrected chi connectivity index (χ4v) is 6.49. The maximum absolute atomic E-state index is 14.3. The second-order valence-corrected chi connectivity index (χ2v) is 14.8.